The Morgan fingerprint density at radius 2 is 2.12 bits per heavy atom. The number of para-hydroxylation sites is 1. The molecule has 0 aliphatic carbocycles. The average Bonchev–Trinajstić information content (AvgIpc) is 2.30. The van der Waals surface area contributed by atoms with Crippen LogP contribution in [0.3, 0.4) is 0 Å². The van der Waals surface area contributed by atoms with Crippen LogP contribution in [0.2, 0.25) is 0 Å². The van der Waals surface area contributed by atoms with Crippen LogP contribution in [-0.2, 0) is 0 Å². The zero-order valence-corrected chi connectivity index (χ0v) is 9.99. The van der Waals surface area contributed by atoms with Crippen molar-refractivity contribution in [2.24, 2.45) is 5.73 Å². The van der Waals surface area contributed by atoms with Crippen molar-refractivity contribution in [1.82, 2.24) is 0 Å². The van der Waals surface area contributed by atoms with E-state index in [9.17, 15) is 0 Å². The standard InChI is InChI=1S/C14H21NO/c1-2-3-4-7-11-10-13(15)12-8-5-6-9-14(12)16-11/h5-6,8-9,11,13H,2-4,7,10,15H2,1H3. The first kappa shape index (κ1) is 11.5. The molecule has 0 bridgehead atoms. The number of fused-ring (bicyclic) bond motifs is 1. The van der Waals surface area contributed by atoms with E-state index in [0.717, 1.165) is 24.2 Å². The zero-order chi connectivity index (χ0) is 11.4. The van der Waals surface area contributed by atoms with E-state index in [4.69, 9.17) is 10.5 Å². The molecule has 2 atom stereocenters. The van der Waals surface area contributed by atoms with Gasteiger partial charge in [-0.3, -0.25) is 0 Å². The highest BCUT2D eigenvalue weighted by Gasteiger charge is 2.24. The van der Waals surface area contributed by atoms with Gasteiger partial charge in [0.2, 0.25) is 0 Å². The number of nitrogens with two attached hydrogens (primary N) is 1. The SMILES string of the molecule is CCCCCC1CC(N)c2ccccc2O1. The largest absolute Gasteiger partial charge is 0.490 e. The van der Waals surface area contributed by atoms with E-state index in [0.29, 0.717) is 6.10 Å². The molecule has 2 heteroatoms. The summed E-state index contributed by atoms with van der Waals surface area (Å²) in [6.45, 7) is 2.22. The van der Waals surface area contributed by atoms with Gasteiger partial charge in [0.15, 0.2) is 0 Å². The van der Waals surface area contributed by atoms with Gasteiger partial charge < -0.3 is 10.5 Å². The summed E-state index contributed by atoms with van der Waals surface area (Å²) in [7, 11) is 0. The van der Waals surface area contributed by atoms with Gasteiger partial charge in [-0.2, -0.15) is 0 Å². The van der Waals surface area contributed by atoms with Crippen molar-refractivity contribution in [1.29, 1.82) is 0 Å². The molecule has 1 aromatic rings. The quantitative estimate of drug-likeness (QED) is 0.787. The van der Waals surface area contributed by atoms with Crippen molar-refractivity contribution in [2.45, 2.75) is 51.2 Å². The van der Waals surface area contributed by atoms with Crippen LogP contribution >= 0.6 is 0 Å². The Balaban J connectivity index is 1.98. The number of hydrogen-bond acceptors (Lipinski definition) is 2. The lowest BCUT2D eigenvalue weighted by Gasteiger charge is -2.30. The predicted octanol–water partition coefficient (Wildman–Crippen LogP) is 3.42. The summed E-state index contributed by atoms with van der Waals surface area (Å²) in [5.41, 5.74) is 7.32. The lowest BCUT2D eigenvalue weighted by Crippen LogP contribution is -2.29. The lowest BCUT2D eigenvalue weighted by molar-refractivity contribution is 0.147. The van der Waals surface area contributed by atoms with E-state index in [1.807, 2.05) is 18.2 Å². The fraction of sp³-hybridized carbons (Fsp3) is 0.571. The summed E-state index contributed by atoms with van der Waals surface area (Å²) >= 11 is 0. The van der Waals surface area contributed by atoms with Crippen LogP contribution < -0.4 is 10.5 Å². The summed E-state index contributed by atoms with van der Waals surface area (Å²) < 4.78 is 5.97. The van der Waals surface area contributed by atoms with Gasteiger partial charge in [0.25, 0.3) is 0 Å². The highest BCUT2D eigenvalue weighted by Crippen LogP contribution is 2.34. The third-order valence-electron chi connectivity index (χ3n) is 3.26. The molecule has 2 nitrogen and oxygen atoms in total. The lowest BCUT2D eigenvalue weighted by atomic mass is 9.95. The van der Waals surface area contributed by atoms with Gasteiger partial charge >= 0.3 is 0 Å². The summed E-state index contributed by atoms with van der Waals surface area (Å²) in [5.74, 6) is 0.989. The van der Waals surface area contributed by atoms with Gasteiger partial charge in [0.05, 0.1) is 0 Å². The maximum Gasteiger partial charge on any atom is 0.124 e. The fourth-order valence-electron chi connectivity index (χ4n) is 2.33. The molecule has 2 rings (SSSR count). The van der Waals surface area contributed by atoms with Crippen molar-refractivity contribution >= 4 is 0 Å². The molecule has 2 N–H and O–H groups in total. The molecular weight excluding hydrogens is 198 g/mol. The highest BCUT2D eigenvalue weighted by atomic mass is 16.5. The Kier molecular flexibility index (Phi) is 3.83. The second-order valence-electron chi connectivity index (χ2n) is 4.62. The fourth-order valence-corrected chi connectivity index (χ4v) is 2.33. The molecule has 0 amide bonds. The molecule has 1 aromatic carbocycles. The van der Waals surface area contributed by atoms with Crippen LogP contribution in [0.5, 0.6) is 5.75 Å². The van der Waals surface area contributed by atoms with Crippen LogP contribution in [0, 0.1) is 0 Å². The van der Waals surface area contributed by atoms with Gasteiger partial charge in [0.1, 0.15) is 11.9 Å². The van der Waals surface area contributed by atoms with Crippen molar-refractivity contribution in [3.8, 4) is 5.75 Å². The maximum atomic E-state index is 6.16. The van der Waals surface area contributed by atoms with E-state index in [1.165, 1.54) is 19.3 Å². The summed E-state index contributed by atoms with van der Waals surface area (Å²) in [5, 5.41) is 0. The molecule has 1 aliphatic rings. The monoisotopic (exact) mass is 219 g/mol. The van der Waals surface area contributed by atoms with Gasteiger partial charge in [0, 0.05) is 18.0 Å². The molecule has 16 heavy (non-hydrogen) atoms. The minimum Gasteiger partial charge on any atom is -0.490 e. The van der Waals surface area contributed by atoms with Crippen LogP contribution in [0.15, 0.2) is 24.3 Å². The van der Waals surface area contributed by atoms with E-state index in [2.05, 4.69) is 13.0 Å². The van der Waals surface area contributed by atoms with E-state index < -0.39 is 0 Å². The number of hydrogen-bond donors (Lipinski definition) is 1. The second kappa shape index (κ2) is 5.35. The highest BCUT2D eigenvalue weighted by molar-refractivity contribution is 5.37. The summed E-state index contributed by atoms with van der Waals surface area (Å²) in [4.78, 5) is 0. The minimum absolute atomic E-state index is 0.150. The molecule has 0 radical (unpaired) electrons. The second-order valence-corrected chi connectivity index (χ2v) is 4.62. The molecular formula is C14H21NO. The third-order valence-corrected chi connectivity index (χ3v) is 3.26. The van der Waals surface area contributed by atoms with Gasteiger partial charge in [-0.15, -0.1) is 0 Å². The Labute approximate surface area is 97.8 Å². The Morgan fingerprint density at radius 3 is 2.94 bits per heavy atom. The van der Waals surface area contributed by atoms with Crippen molar-refractivity contribution < 1.29 is 4.74 Å². The van der Waals surface area contributed by atoms with Crippen LogP contribution in [0.4, 0.5) is 0 Å². The van der Waals surface area contributed by atoms with Crippen molar-refractivity contribution in [3.63, 3.8) is 0 Å². The topological polar surface area (TPSA) is 35.2 Å². The first-order valence-electron chi connectivity index (χ1n) is 6.32. The smallest absolute Gasteiger partial charge is 0.124 e. The first-order valence-corrected chi connectivity index (χ1v) is 6.32. The van der Waals surface area contributed by atoms with Gasteiger partial charge in [-0.1, -0.05) is 38.0 Å². The zero-order valence-electron chi connectivity index (χ0n) is 9.99. The predicted molar refractivity (Wildman–Crippen MR) is 66.5 cm³/mol. The van der Waals surface area contributed by atoms with Gasteiger partial charge in [-0.25, -0.2) is 0 Å². The summed E-state index contributed by atoms with van der Waals surface area (Å²) in [6.07, 6.45) is 6.20. The number of benzene rings is 1. The van der Waals surface area contributed by atoms with E-state index in [-0.39, 0.29) is 6.04 Å². The normalized spacial score (nSPS) is 23.6. The van der Waals surface area contributed by atoms with E-state index >= 15 is 0 Å². The molecule has 0 aromatic heterocycles. The Hall–Kier alpha value is -1.02. The van der Waals surface area contributed by atoms with Crippen molar-refractivity contribution in [2.75, 3.05) is 0 Å². The molecule has 1 heterocycles. The average molecular weight is 219 g/mol. The third kappa shape index (κ3) is 2.56. The maximum absolute atomic E-state index is 6.16. The Bertz CT molecular complexity index is 337. The molecule has 0 saturated carbocycles. The van der Waals surface area contributed by atoms with Crippen LogP contribution in [0.25, 0.3) is 0 Å². The molecule has 2 unspecified atom stereocenters. The molecule has 88 valence electrons. The van der Waals surface area contributed by atoms with Crippen LogP contribution in [0.1, 0.15) is 50.6 Å². The number of unbranched alkanes of at least 4 members (excludes halogenated alkanes) is 2. The van der Waals surface area contributed by atoms with Crippen LogP contribution in [-0.4, -0.2) is 6.10 Å². The summed E-state index contributed by atoms with van der Waals surface area (Å²) in [6, 6.07) is 8.29. The number of rotatable bonds is 4. The first-order chi connectivity index (χ1) is 7.81. The number of ether oxygens (including phenoxy) is 1. The molecule has 0 spiro atoms. The van der Waals surface area contributed by atoms with Crippen molar-refractivity contribution in [3.05, 3.63) is 29.8 Å². The molecule has 0 saturated heterocycles. The Morgan fingerprint density at radius 1 is 1.31 bits per heavy atom. The van der Waals surface area contributed by atoms with Gasteiger partial charge in [-0.05, 0) is 18.9 Å². The minimum atomic E-state index is 0.150. The molecule has 0 fully saturated rings. The molecule has 1 aliphatic heterocycles. The van der Waals surface area contributed by atoms with E-state index in [1.54, 1.807) is 0 Å².